The fourth-order valence-corrected chi connectivity index (χ4v) is 6.13. The standard InChI is InChI=1S/C18H20ClFN2O4S2/c1-13-5-7-15(12-18(13)28(25,26)22-9-3-2-4-10-22)21-27(23,24)17-8-6-14(19)11-16(17)20/h5-8,11-12,21H,2-4,9-10H2,1H3. The third-order valence-electron chi connectivity index (χ3n) is 4.56. The number of sulfonamides is 2. The Hall–Kier alpha value is -1.68. The van der Waals surface area contributed by atoms with Crippen molar-refractivity contribution in [1.82, 2.24) is 4.31 Å². The summed E-state index contributed by atoms with van der Waals surface area (Å²) >= 11 is 5.66. The molecule has 0 spiro atoms. The van der Waals surface area contributed by atoms with Crippen molar-refractivity contribution in [2.24, 2.45) is 0 Å². The number of piperidine rings is 1. The van der Waals surface area contributed by atoms with Gasteiger partial charge in [0.2, 0.25) is 10.0 Å². The lowest BCUT2D eigenvalue weighted by Gasteiger charge is -2.26. The molecule has 0 aliphatic carbocycles. The lowest BCUT2D eigenvalue weighted by atomic mass is 10.2. The van der Waals surface area contributed by atoms with Gasteiger partial charge in [-0.3, -0.25) is 4.72 Å². The number of hydrogen-bond acceptors (Lipinski definition) is 4. The number of benzene rings is 2. The lowest BCUT2D eigenvalue weighted by Crippen LogP contribution is -2.36. The second kappa shape index (κ2) is 7.98. The zero-order chi connectivity index (χ0) is 20.5. The molecule has 0 bridgehead atoms. The van der Waals surface area contributed by atoms with Crippen LogP contribution in [0, 0.1) is 12.7 Å². The van der Waals surface area contributed by atoms with Crippen molar-refractivity contribution in [1.29, 1.82) is 0 Å². The summed E-state index contributed by atoms with van der Waals surface area (Å²) < 4.78 is 68.7. The highest BCUT2D eigenvalue weighted by molar-refractivity contribution is 7.92. The molecule has 3 rings (SSSR count). The maximum Gasteiger partial charge on any atom is 0.264 e. The van der Waals surface area contributed by atoms with Gasteiger partial charge in [-0.15, -0.1) is 0 Å². The monoisotopic (exact) mass is 446 g/mol. The summed E-state index contributed by atoms with van der Waals surface area (Å²) in [6, 6.07) is 7.45. The van der Waals surface area contributed by atoms with E-state index in [-0.39, 0.29) is 15.6 Å². The van der Waals surface area contributed by atoms with Crippen LogP contribution in [0.1, 0.15) is 24.8 Å². The van der Waals surface area contributed by atoms with Crippen molar-refractivity contribution in [3.63, 3.8) is 0 Å². The fraction of sp³-hybridized carbons (Fsp3) is 0.333. The number of halogens is 2. The molecule has 1 aliphatic rings. The lowest BCUT2D eigenvalue weighted by molar-refractivity contribution is 0.346. The minimum atomic E-state index is -4.25. The van der Waals surface area contributed by atoms with Crippen LogP contribution in [0.5, 0.6) is 0 Å². The summed E-state index contributed by atoms with van der Waals surface area (Å²) in [5, 5.41) is 0.0710. The largest absolute Gasteiger partial charge is 0.279 e. The predicted octanol–water partition coefficient (Wildman–Crippen LogP) is 3.76. The van der Waals surface area contributed by atoms with Gasteiger partial charge in [-0.2, -0.15) is 4.31 Å². The summed E-state index contributed by atoms with van der Waals surface area (Å²) in [5.41, 5.74) is 0.543. The molecule has 6 nitrogen and oxygen atoms in total. The first-order valence-corrected chi connectivity index (χ1v) is 12.0. The molecule has 1 N–H and O–H groups in total. The summed E-state index contributed by atoms with van der Waals surface area (Å²) in [4.78, 5) is -0.538. The van der Waals surface area contributed by atoms with Crippen LogP contribution in [0.15, 0.2) is 46.2 Å². The molecule has 28 heavy (non-hydrogen) atoms. The van der Waals surface area contributed by atoms with Gasteiger partial charge in [-0.25, -0.2) is 21.2 Å². The Labute approximate surface area is 169 Å². The summed E-state index contributed by atoms with van der Waals surface area (Å²) in [5.74, 6) is -0.992. The van der Waals surface area contributed by atoms with Crippen molar-refractivity contribution >= 4 is 37.3 Å². The Kier molecular flexibility index (Phi) is 6.00. The number of anilines is 1. The van der Waals surface area contributed by atoms with Gasteiger partial charge in [0.25, 0.3) is 10.0 Å². The number of aryl methyl sites for hydroxylation is 1. The molecule has 0 saturated carbocycles. The zero-order valence-corrected chi connectivity index (χ0v) is 17.5. The van der Waals surface area contributed by atoms with Crippen LogP contribution in [0.2, 0.25) is 5.02 Å². The van der Waals surface area contributed by atoms with Crippen LogP contribution in [0.4, 0.5) is 10.1 Å². The van der Waals surface area contributed by atoms with Crippen molar-refractivity contribution in [2.75, 3.05) is 17.8 Å². The van der Waals surface area contributed by atoms with Crippen LogP contribution in [-0.2, 0) is 20.0 Å². The highest BCUT2D eigenvalue weighted by Crippen LogP contribution is 2.28. The van der Waals surface area contributed by atoms with Crippen LogP contribution in [0.25, 0.3) is 0 Å². The molecule has 2 aromatic rings. The van der Waals surface area contributed by atoms with Crippen molar-refractivity contribution in [2.45, 2.75) is 36.0 Å². The molecule has 1 fully saturated rings. The molecule has 0 unspecified atom stereocenters. The van der Waals surface area contributed by atoms with E-state index >= 15 is 0 Å². The van der Waals surface area contributed by atoms with Crippen LogP contribution in [-0.4, -0.2) is 34.2 Å². The maximum absolute atomic E-state index is 14.0. The van der Waals surface area contributed by atoms with Crippen molar-refractivity contribution in [3.05, 3.63) is 52.8 Å². The Morgan fingerprint density at radius 3 is 2.29 bits per heavy atom. The number of nitrogens with one attached hydrogen (secondary N) is 1. The van der Waals surface area contributed by atoms with Gasteiger partial charge in [0.1, 0.15) is 10.7 Å². The van der Waals surface area contributed by atoms with E-state index in [1.807, 2.05) is 0 Å². The predicted molar refractivity (Wildman–Crippen MR) is 106 cm³/mol. The molecule has 0 atom stereocenters. The van der Waals surface area contributed by atoms with Crippen molar-refractivity contribution < 1.29 is 21.2 Å². The number of rotatable bonds is 5. The molecular formula is C18H20ClFN2O4S2. The molecule has 1 heterocycles. The minimum absolute atomic E-state index is 0.0335. The molecule has 152 valence electrons. The van der Waals surface area contributed by atoms with E-state index in [9.17, 15) is 21.2 Å². The highest BCUT2D eigenvalue weighted by Gasteiger charge is 2.28. The van der Waals surface area contributed by atoms with Crippen LogP contribution < -0.4 is 4.72 Å². The van der Waals surface area contributed by atoms with E-state index in [1.165, 1.54) is 28.6 Å². The normalized spacial score (nSPS) is 16.1. The molecule has 0 aromatic heterocycles. The molecular weight excluding hydrogens is 427 g/mol. The van der Waals surface area contributed by atoms with Gasteiger partial charge in [-0.05, 0) is 55.7 Å². The number of hydrogen-bond donors (Lipinski definition) is 1. The second-order valence-corrected chi connectivity index (χ2v) is 10.6. The Morgan fingerprint density at radius 1 is 0.964 bits per heavy atom. The molecule has 0 amide bonds. The Morgan fingerprint density at radius 2 is 1.64 bits per heavy atom. The topological polar surface area (TPSA) is 83.5 Å². The second-order valence-electron chi connectivity index (χ2n) is 6.63. The number of nitrogens with zero attached hydrogens (tertiary/aromatic N) is 1. The molecule has 2 aromatic carbocycles. The van der Waals surface area contributed by atoms with E-state index in [0.717, 1.165) is 31.4 Å². The van der Waals surface area contributed by atoms with Gasteiger partial charge in [0.15, 0.2) is 0 Å². The third-order valence-corrected chi connectivity index (χ3v) is 8.25. The molecule has 1 saturated heterocycles. The van der Waals surface area contributed by atoms with E-state index in [1.54, 1.807) is 6.92 Å². The smallest absolute Gasteiger partial charge is 0.264 e. The first kappa shape index (κ1) is 21.0. The first-order chi connectivity index (χ1) is 13.1. The average Bonchev–Trinajstić information content (AvgIpc) is 2.63. The molecule has 1 aliphatic heterocycles. The van der Waals surface area contributed by atoms with Crippen molar-refractivity contribution in [3.8, 4) is 0 Å². The molecule has 10 heteroatoms. The summed E-state index contributed by atoms with van der Waals surface area (Å²) in [6.45, 7) is 2.52. The van der Waals surface area contributed by atoms with Gasteiger partial charge in [0, 0.05) is 18.1 Å². The highest BCUT2D eigenvalue weighted by atomic mass is 35.5. The molecule has 0 radical (unpaired) electrons. The maximum atomic E-state index is 14.0. The Balaban J connectivity index is 1.95. The van der Waals surface area contributed by atoms with Gasteiger partial charge in [-0.1, -0.05) is 24.1 Å². The van der Waals surface area contributed by atoms with Crippen LogP contribution >= 0.6 is 11.6 Å². The first-order valence-electron chi connectivity index (χ1n) is 8.70. The SMILES string of the molecule is Cc1ccc(NS(=O)(=O)c2ccc(Cl)cc2F)cc1S(=O)(=O)N1CCCCC1. The quantitative estimate of drug-likeness (QED) is 0.757. The van der Waals surface area contributed by atoms with E-state index < -0.39 is 30.8 Å². The van der Waals surface area contributed by atoms with Crippen LogP contribution in [0.3, 0.4) is 0 Å². The van der Waals surface area contributed by atoms with E-state index in [4.69, 9.17) is 11.6 Å². The average molecular weight is 447 g/mol. The van der Waals surface area contributed by atoms with E-state index in [2.05, 4.69) is 4.72 Å². The minimum Gasteiger partial charge on any atom is -0.279 e. The van der Waals surface area contributed by atoms with E-state index in [0.29, 0.717) is 18.7 Å². The van der Waals surface area contributed by atoms with Gasteiger partial charge in [0.05, 0.1) is 10.6 Å². The fourth-order valence-electron chi connectivity index (χ4n) is 3.09. The summed E-state index contributed by atoms with van der Waals surface area (Å²) in [7, 11) is -8.00. The van der Waals surface area contributed by atoms with Gasteiger partial charge < -0.3 is 0 Å². The Bertz CT molecular complexity index is 1100. The summed E-state index contributed by atoms with van der Waals surface area (Å²) in [6.07, 6.45) is 2.57. The zero-order valence-electron chi connectivity index (χ0n) is 15.2. The van der Waals surface area contributed by atoms with Gasteiger partial charge >= 0.3 is 0 Å². The third kappa shape index (κ3) is 4.32.